The number of carbonyl (C=O) groups is 1. The molecule has 3 N–H and O–H groups in total. The van der Waals surface area contributed by atoms with Gasteiger partial charge in [0.1, 0.15) is 19.0 Å². The van der Waals surface area contributed by atoms with E-state index >= 15 is 0 Å². The van der Waals surface area contributed by atoms with E-state index in [1.807, 2.05) is 36.4 Å². The molecule has 2 aliphatic rings. The van der Waals surface area contributed by atoms with Crippen molar-refractivity contribution >= 4 is 17.3 Å². The average molecular weight is 378 g/mol. The van der Waals surface area contributed by atoms with Crippen LogP contribution in [0.2, 0.25) is 0 Å². The van der Waals surface area contributed by atoms with Gasteiger partial charge in [-0.3, -0.25) is 9.89 Å². The molecule has 0 atom stereocenters. The lowest BCUT2D eigenvalue weighted by Crippen LogP contribution is -2.25. The molecule has 0 aliphatic carbocycles. The normalized spacial score (nSPS) is 14.6. The summed E-state index contributed by atoms with van der Waals surface area (Å²) >= 11 is 0. The van der Waals surface area contributed by atoms with E-state index < -0.39 is 0 Å². The number of hydrogen-bond acceptors (Lipinski definition) is 6. The highest BCUT2D eigenvalue weighted by Crippen LogP contribution is 2.35. The number of benzene rings is 2. The zero-order chi connectivity index (χ0) is 18.9. The van der Waals surface area contributed by atoms with E-state index in [9.17, 15) is 4.79 Å². The number of nitrogens with zero attached hydrogens (tertiary/aromatic N) is 1. The fraction of sp³-hybridized carbons (Fsp3) is 0.200. The van der Waals surface area contributed by atoms with Crippen LogP contribution in [0.3, 0.4) is 0 Å². The van der Waals surface area contributed by atoms with Crippen molar-refractivity contribution in [1.29, 1.82) is 0 Å². The molecule has 0 spiro atoms. The third-order valence-corrected chi connectivity index (χ3v) is 4.65. The van der Waals surface area contributed by atoms with Crippen LogP contribution in [0, 0.1) is 0 Å². The summed E-state index contributed by atoms with van der Waals surface area (Å²) in [6, 6.07) is 11.5. The Bertz CT molecular complexity index is 1050. The molecule has 8 heteroatoms. The molecule has 3 aromatic rings. The van der Waals surface area contributed by atoms with Crippen molar-refractivity contribution in [3.8, 4) is 28.5 Å². The maximum Gasteiger partial charge on any atom is 0.262 e. The largest absolute Gasteiger partial charge is 0.486 e. The number of aromatic amines is 1. The third kappa shape index (κ3) is 3.09. The number of nitrogens with one attached hydrogen (secondary N) is 3. The first-order valence-electron chi connectivity index (χ1n) is 8.99. The van der Waals surface area contributed by atoms with Crippen LogP contribution in [0.4, 0.5) is 11.4 Å². The molecule has 0 fully saturated rings. The lowest BCUT2D eigenvalue weighted by atomic mass is 10.1. The van der Waals surface area contributed by atoms with E-state index in [1.54, 1.807) is 6.20 Å². The standard InChI is InChI=1S/C20H18N4O4/c25-19-11-28-17-8-14(2-3-15(17)23-19)21-9-13-10-22-24-20(13)12-1-4-16-18(7-12)27-6-5-26-16/h1-4,7-8,10,21H,5-6,9,11H2,(H,22,24)(H,23,25). The molecule has 2 aromatic carbocycles. The highest BCUT2D eigenvalue weighted by molar-refractivity contribution is 5.95. The summed E-state index contributed by atoms with van der Waals surface area (Å²) in [5, 5.41) is 13.4. The van der Waals surface area contributed by atoms with Crippen LogP contribution in [-0.2, 0) is 11.3 Å². The highest BCUT2D eigenvalue weighted by Gasteiger charge is 2.17. The molecule has 0 bridgehead atoms. The summed E-state index contributed by atoms with van der Waals surface area (Å²) in [4.78, 5) is 11.4. The van der Waals surface area contributed by atoms with Gasteiger partial charge in [-0.2, -0.15) is 5.10 Å². The van der Waals surface area contributed by atoms with Crippen molar-refractivity contribution in [2.75, 3.05) is 30.5 Å². The van der Waals surface area contributed by atoms with Gasteiger partial charge < -0.3 is 24.8 Å². The van der Waals surface area contributed by atoms with Crippen molar-refractivity contribution < 1.29 is 19.0 Å². The Morgan fingerprint density at radius 1 is 1.00 bits per heavy atom. The Morgan fingerprint density at radius 3 is 2.82 bits per heavy atom. The average Bonchev–Trinajstić information content (AvgIpc) is 3.20. The van der Waals surface area contributed by atoms with Crippen molar-refractivity contribution in [2.45, 2.75) is 6.54 Å². The number of hydrogen-bond donors (Lipinski definition) is 3. The molecule has 5 rings (SSSR count). The monoisotopic (exact) mass is 378 g/mol. The van der Waals surface area contributed by atoms with Gasteiger partial charge >= 0.3 is 0 Å². The topological polar surface area (TPSA) is 97.5 Å². The van der Waals surface area contributed by atoms with Crippen LogP contribution in [0.15, 0.2) is 42.6 Å². The van der Waals surface area contributed by atoms with E-state index in [2.05, 4.69) is 20.8 Å². The first-order chi connectivity index (χ1) is 13.8. The summed E-state index contributed by atoms with van der Waals surface area (Å²) in [6.07, 6.45) is 1.80. The second kappa shape index (κ2) is 6.80. The zero-order valence-corrected chi connectivity index (χ0v) is 15.0. The molecule has 142 valence electrons. The van der Waals surface area contributed by atoms with Crippen molar-refractivity contribution in [3.05, 3.63) is 48.2 Å². The minimum atomic E-state index is -0.143. The lowest BCUT2D eigenvalue weighted by Gasteiger charge is -2.19. The van der Waals surface area contributed by atoms with E-state index in [0.717, 1.165) is 34.0 Å². The second-order valence-electron chi connectivity index (χ2n) is 6.53. The molecule has 0 saturated carbocycles. The molecule has 8 nitrogen and oxygen atoms in total. The Morgan fingerprint density at radius 2 is 1.89 bits per heavy atom. The maximum atomic E-state index is 11.4. The molecule has 0 radical (unpaired) electrons. The fourth-order valence-corrected chi connectivity index (χ4v) is 3.28. The molecule has 1 amide bonds. The van der Waals surface area contributed by atoms with Crippen LogP contribution in [0.1, 0.15) is 5.56 Å². The smallest absolute Gasteiger partial charge is 0.262 e. The van der Waals surface area contributed by atoms with Crippen molar-refractivity contribution in [2.24, 2.45) is 0 Å². The molecule has 3 heterocycles. The fourth-order valence-electron chi connectivity index (χ4n) is 3.28. The summed E-state index contributed by atoms with van der Waals surface area (Å²) in [7, 11) is 0. The second-order valence-corrected chi connectivity index (χ2v) is 6.53. The van der Waals surface area contributed by atoms with Crippen LogP contribution in [0.5, 0.6) is 17.2 Å². The van der Waals surface area contributed by atoms with Gasteiger partial charge in [-0.1, -0.05) is 0 Å². The molecule has 28 heavy (non-hydrogen) atoms. The number of aromatic nitrogens is 2. The number of H-pyrrole nitrogens is 1. The van der Waals surface area contributed by atoms with E-state index in [4.69, 9.17) is 14.2 Å². The van der Waals surface area contributed by atoms with E-state index in [1.165, 1.54) is 0 Å². The maximum absolute atomic E-state index is 11.4. The summed E-state index contributed by atoms with van der Waals surface area (Å²) in [5.74, 6) is 2.01. The van der Waals surface area contributed by atoms with Gasteiger partial charge in [-0.25, -0.2) is 0 Å². The molecule has 2 aliphatic heterocycles. The minimum Gasteiger partial charge on any atom is -0.486 e. The van der Waals surface area contributed by atoms with Gasteiger partial charge in [-0.05, 0) is 30.3 Å². The van der Waals surface area contributed by atoms with Gasteiger partial charge in [0.05, 0.1) is 17.6 Å². The molecule has 1 aromatic heterocycles. The van der Waals surface area contributed by atoms with E-state index in [-0.39, 0.29) is 12.5 Å². The van der Waals surface area contributed by atoms with Gasteiger partial charge in [0.2, 0.25) is 0 Å². The molecule has 0 saturated heterocycles. The number of amides is 1. The molecule has 0 unspecified atom stereocenters. The van der Waals surface area contributed by atoms with Gasteiger partial charge in [0, 0.05) is 29.4 Å². The Kier molecular flexibility index (Phi) is 4.01. The Hall–Kier alpha value is -3.68. The van der Waals surface area contributed by atoms with Crippen LogP contribution < -0.4 is 24.8 Å². The number of ether oxygens (including phenoxy) is 3. The van der Waals surface area contributed by atoms with Gasteiger partial charge in [0.25, 0.3) is 5.91 Å². The van der Waals surface area contributed by atoms with E-state index in [0.29, 0.717) is 31.2 Å². The number of carbonyl (C=O) groups excluding carboxylic acids is 1. The lowest BCUT2D eigenvalue weighted by molar-refractivity contribution is -0.118. The predicted octanol–water partition coefficient (Wildman–Crippen LogP) is 2.79. The quantitative estimate of drug-likeness (QED) is 0.646. The van der Waals surface area contributed by atoms with Crippen LogP contribution in [0.25, 0.3) is 11.3 Å². The number of fused-ring (bicyclic) bond motifs is 2. The van der Waals surface area contributed by atoms with Crippen molar-refractivity contribution in [3.63, 3.8) is 0 Å². The Labute approximate surface area is 160 Å². The summed E-state index contributed by atoms with van der Waals surface area (Å²) < 4.78 is 16.7. The van der Waals surface area contributed by atoms with Crippen LogP contribution in [-0.4, -0.2) is 35.9 Å². The first-order valence-corrected chi connectivity index (χ1v) is 8.99. The molecular formula is C20H18N4O4. The number of rotatable bonds is 4. The summed E-state index contributed by atoms with van der Waals surface area (Å²) in [5.41, 5.74) is 4.50. The van der Waals surface area contributed by atoms with Crippen LogP contribution >= 0.6 is 0 Å². The number of anilines is 2. The minimum absolute atomic E-state index is 0.0342. The predicted molar refractivity (Wildman–Crippen MR) is 103 cm³/mol. The van der Waals surface area contributed by atoms with Gasteiger partial charge in [-0.15, -0.1) is 0 Å². The first kappa shape index (κ1) is 16.5. The third-order valence-electron chi connectivity index (χ3n) is 4.65. The SMILES string of the molecule is O=C1COc2cc(NCc3cn[nH]c3-c3ccc4c(c3)OCCO4)ccc2N1. The highest BCUT2D eigenvalue weighted by atomic mass is 16.6. The zero-order valence-electron chi connectivity index (χ0n) is 15.0. The van der Waals surface area contributed by atoms with Crippen molar-refractivity contribution in [1.82, 2.24) is 10.2 Å². The summed E-state index contributed by atoms with van der Waals surface area (Å²) in [6.45, 7) is 1.73. The Balaban J connectivity index is 1.34. The molecular weight excluding hydrogens is 360 g/mol. The van der Waals surface area contributed by atoms with Gasteiger partial charge in [0.15, 0.2) is 18.1 Å².